The molecule has 3 aromatic rings. The molecule has 0 aliphatic heterocycles. The molecule has 28 heavy (non-hydrogen) atoms. The first-order chi connectivity index (χ1) is 13.6. The van der Waals surface area contributed by atoms with E-state index in [2.05, 4.69) is 15.6 Å². The first kappa shape index (κ1) is 19.7. The summed E-state index contributed by atoms with van der Waals surface area (Å²) in [7, 11) is 1.39. The van der Waals surface area contributed by atoms with Gasteiger partial charge in [0, 0.05) is 28.9 Å². The van der Waals surface area contributed by atoms with Crippen LogP contribution in [0, 0.1) is 0 Å². The van der Waals surface area contributed by atoms with Crippen molar-refractivity contribution in [2.45, 2.75) is 12.5 Å². The maximum atomic E-state index is 12.4. The van der Waals surface area contributed by atoms with Gasteiger partial charge in [0.15, 0.2) is 0 Å². The number of carbonyl (C=O) groups is 3. The molecule has 0 fully saturated rings. The standard InChI is InChI=1S/C19H17N3O4S2/c1-20-19(25)22-17(24)16(12-5-3-2-4-6-12)26-15(23)9-14-11-28-18(21-14)13-7-8-27-10-13/h2-8,10-11,16H,9H2,1H3,(H2,20,22,24,25)/t16-/m0/s1. The van der Waals surface area contributed by atoms with Gasteiger partial charge in [-0.05, 0) is 11.4 Å². The number of nitrogens with zero attached hydrogens (tertiary/aromatic N) is 1. The SMILES string of the molecule is CNC(=O)NC(=O)[C@@H](OC(=O)Cc1csc(-c2ccsc2)n1)c1ccccc1. The maximum absolute atomic E-state index is 12.4. The number of aromatic nitrogens is 1. The maximum Gasteiger partial charge on any atom is 0.321 e. The minimum Gasteiger partial charge on any atom is -0.447 e. The van der Waals surface area contributed by atoms with E-state index in [0.29, 0.717) is 11.3 Å². The highest BCUT2D eigenvalue weighted by atomic mass is 32.1. The predicted molar refractivity (Wildman–Crippen MR) is 107 cm³/mol. The van der Waals surface area contributed by atoms with E-state index in [1.165, 1.54) is 18.4 Å². The normalized spacial score (nSPS) is 11.5. The molecule has 0 radical (unpaired) electrons. The van der Waals surface area contributed by atoms with Gasteiger partial charge in [-0.25, -0.2) is 9.78 Å². The third-order valence-electron chi connectivity index (χ3n) is 3.70. The summed E-state index contributed by atoms with van der Waals surface area (Å²) in [6.07, 6.45) is -1.31. The minimum absolute atomic E-state index is 0.0722. The average Bonchev–Trinajstić information content (AvgIpc) is 3.38. The molecule has 3 amide bonds. The van der Waals surface area contributed by atoms with E-state index in [9.17, 15) is 14.4 Å². The molecule has 0 saturated heterocycles. The van der Waals surface area contributed by atoms with Gasteiger partial charge < -0.3 is 10.1 Å². The van der Waals surface area contributed by atoms with E-state index >= 15 is 0 Å². The van der Waals surface area contributed by atoms with Crippen LogP contribution in [0.3, 0.4) is 0 Å². The van der Waals surface area contributed by atoms with Crippen molar-refractivity contribution in [3.63, 3.8) is 0 Å². The van der Waals surface area contributed by atoms with Crippen LogP contribution in [0.15, 0.2) is 52.5 Å². The van der Waals surface area contributed by atoms with Crippen LogP contribution in [0.25, 0.3) is 10.6 Å². The van der Waals surface area contributed by atoms with Crippen LogP contribution in [-0.2, 0) is 20.7 Å². The smallest absolute Gasteiger partial charge is 0.321 e. The van der Waals surface area contributed by atoms with E-state index in [1.807, 2.05) is 16.8 Å². The second kappa shape index (κ2) is 9.25. The number of ether oxygens (including phenoxy) is 1. The number of amides is 3. The molecule has 144 valence electrons. The summed E-state index contributed by atoms with van der Waals surface area (Å²) in [4.78, 5) is 40.7. The van der Waals surface area contributed by atoms with Gasteiger partial charge in [0.2, 0.25) is 6.10 Å². The highest BCUT2D eigenvalue weighted by Crippen LogP contribution is 2.26. The average molecular weight is 415 g/mol. The lowest BCUT2D eigenvalue weighted by Crippen LogP contribution is -2.41. The molecule has 0 aliphatic carbocycles. The molecule has 2 aromatic heterocycles. The number of benzene rings is 1. The van der Waals surface area contributed by atoms with Crippen molar-refractivity contribution in [1.82, 2.24) is 15.6 Å². The van der Waals surface area contributed by atoms with Crippen LogP contribution < -0.4 is 10.6 Å². The molecule has 1 aromatic carbocycles. The van der Waals surface area contributed by atoms with Crippen molar-refractivity contribution in [3.8, 4) is 10.6 Å². The summed E-state index contributed by atoms with van der Waals surface area (Å²) in [5.41, 5.74) is 2.03. The van der Waals surface area contributed by atoms with E-state index in [-0.39, 0.29) is 6.42 Å². The van der Waals surface area contributed by atoms with Crippen LogP contribution >= 0.6 is 22.7 Å². The van der Waals surface area contributed by atoms with Crippen LogP contribution in [0.5, 0.6) is 0 Å². The van der Waals surface area contributed by atoms with Gasteiger partial charge in [-0.1, -0.05) is 30.3 Å². The minimum atomic E-state index is -1.24. The number of rotatable bonds is 6. The molecule has 2 N–H and O–H groups in total. The fourth-order valence-electron chi connectivity index (χ4n) is 2.37. The predicted octanol–water partition coefficient (Wildman–Crippen LogP) is 3.15. The Labute approximate surface area is 169 Å². The Morgan fingerprint density at radius 1 is 1.14 bits per heavy atom. The van der Waals surface area contributed by atoms with Gasteiger partial charge in [-0.3, -0.25) is 14.9 Å². The van der Waals surface area contributed by atoms with Gasteiger partial charge in [0.1, 0.15) is 5.01 Å². The molecular weight excluding hydrogens is 398 g/mol. The quantitative estimate of drug-likeness (QED) is 0.603. The first-order valence-corrected chi connectivity index (χ1v) is 10.1. The van der Waals surface area contributed by atoms with Crippen LogP contribution in [0.1, 0.15) is 17.4 Å². The summed E-state index contributed by atoms with van der Waals surface area (Å²) in [6, 6.07) is 9.80. The Bertz CT molecular complexity index is 955. The van der Waals surface area contributed by atoms with Crippen LogP contribution in [-0.4, -0.2) is 29.9 Å². The number of thiazole rings is 1. The Kier molecular flexibility index (Phi) is 6.51. The summed E-state index contributed by atoms with van der Waals surface area (Å²) in [6.45, 7) is 0. The second-order valence-corrected chi connectivity index (χ2v) is 7.32. The Morgan fingerprint density at radius 2 is 1.93 bits per heavy atom. The summed E-state index contributed by atoms with van der Waals surface area (Å²) >= 11 is 3.01. The molecule has 3 rings (SSSR count). The fourth-order valence-corrected chi connectivity index (χ4v) is 3.90. The van der Waals surface area contributed by atoms with Gasteiger partial charge in [-0.2, -0.15) is 11.3 Å². The summed E-state index contributed by atoms with van der Waals surface area (Å²) < 4.78 is 5.38. The number of hydrogen-bond acceptors (Lipinski definition) is 7. The van der Waals surface area contributed by atoms with Crippen molar-refractivity contribution < 1.29 is 19.1 Å². The second-order valence-electron chi connectivity index (χ2n) is 5.68. The molecule has 0 unspecified atom stereocenters. The molecule has 7 nitrogen and oxygen atoms in total. The number of urea groups is 1. The highest BCUT2D eigenvalue weighted by molar-refractivity contribution is 7.14. The molecule has 0 bridgehead atoms. The van der Waals surface area contributed by atoms with Gasteiger partial charge in [-0.15, -0.1) is 11.3 Å². The summed E-state index contributed by atoms with van der Waals surface area (Å²) in [5, 5.41) is 11.0. The number of esters is 1. The monoisotopic (exact) mass is 415 g/mol. The molecule has 0 spiro atoms. The third kappa shape index (κ3) is 5.02. The molecule has 0 aliphatic rings. The van der Waals surface area contributed by atoms with Crippen LogP contribution in [0.2, 0.25) is 0 Å². The van der Waals surface area contributed by atoms with E-state index in [0.717, 1.165) is 10.6 Å². The first-order valence-electron chi connectivity index (χ1n) is 8.31. The fraction of sp³-hybridized carbons (Fsp3) is 0.158. The Balaban J connectivity index is 1.70. The lowest BCUT2D eigenvalue weighted by Gasteiger charge is -2.17. The van der Waals surface area contributed by atoms with Gasteiger partial charge in [0.25, 0.3) is 5.91 Å². The van der Waals surface area contributed by atoms with Crippen LogP contribution in [0.4, 0.5) is 4.79 Å². The number of carbonyl (C=O) groups excluding carboxylic acids is 3. The zero-order chi connectivity index (χ0) is 19.9. The Hall–Kier alpha value is -3.04. The zero-order valence-electron chi connectivity index (χ0n) is 14.9. The lowest BCUT2D eigenvalue weighted by molar-refractivity contribution is -0.155. The number of nitrogens with one attached hydrogen (secondary N) is 2. The lowest BCUT2D eigenvalue weighted by atomic mass is 10.1. The van der Waals surface area contributed by atoms with E-state index in [1.54, 1.807) is 47.0 Å². The number of imide groups is 1. The molecular formula is C19H17N3O4S2. The van der Waals surface area contributed by atoms with E-state index in [4.69, 9.17) is 4.74 Å². The van der Waals surface area contributed by atoms with Crippen molar-refractivity contribution in [2.24, 2.45) is 0 Å². The van der Waals surface area contributed by atoms with Crippen molar-refractivity contribution >= 4 is 40.6 Å². The third-order valence-corrected chi connectivity index (χ3v) is 5.32. The number of thiophene rings is 1. The Morgan fingerprint density at radius 3 is 2.61 bits per heavy atom. The topological polar surface area (TPSA) is 97.4 Å². The molecule has 2 heterocycles. The van der Waals surface area contributed by atoms with E-state index < -0.39 is 24.0 Å². The van der Waals surface area contributed by atoms with Crippen molar-refractivity contribution in [3.05, 3.63) is 63.8 Å². The molecule has 1 atom stereocenters. The molecule has 0 saturated carbocycles. The zero-order valence-corrected chi connectivity index (χ0v) is 16.5. The van der Waals surface area contributed by atoms with Crippen molar-refractivity contribution in [2.75, 3.05) is 7.05 Å². The summed E-state index contributed by atoms with van der Waals surface area (Å²) in [5.74, 6) is -1.33. The largest absolute Gasteiger partial charge is 0.447 e. The van der Waals surface area contributed by atoms with Gasteiger partial charge >= 0.3 is 12.0 Å². The van der Waals surface area contributed by atoms with Crippen molar-refractivity contribution in [1.29, 1.82) is 0 Å². The molecule has 9 heteroatoms. The number of hydrogen-bond donors (Lipinski definition) is 2. The van der Waals surface area contributed by atoms with Gasteiger partial charge in [0.05, 0.1) is 12.1 Å². The highest BCUT2D eigenvalue weighted by Gasteiger charge is 2.26.